The van der Waals surface area contributed by atoms with Crippen molar-refractivity contribution < 1.29 is 18.8 Å². The van der Waals surface area contributed by atoms with Crippen LogP contribution in [0.15, 0.2) is 22.7 Å². The number of hydrogen-bond acceptors (Lipinski definition) is 6. The van der Waals surface area contributed by atoms with E-state index < -0.39 is 0 Å². The lowest BCUT2D eigenvalue weighted by Crippen LogP contribution is -2.00. The van der Waals surface area contributed by atoms with Crippen molar-refractivity contribution in [3.05, 3.63) is 35.5 Å². The first-order valence-corrected chi connectivity index (χ1v) is 6.27. The first-order valence-electron chi connectivity index (χ1n) is 6.27. The molecule has 0 bridgehead atoms. The maximum absolute atomic E-state index is 11.3. The van der Waals surface area contributed by atoms with E-state index in [2.05, 4.69) is 10.1 Å². The molecular formula is C14H16N2O4. The number of ketones is 1. The van der Waals surface area contributed by atoms with Crippen LogP contribution in [0.2, 0.25) is 0 Å². The molecule has 2 aromatic rings. The van der Waals surface area contributed by atoms with Crippen LogP contribution in [-0.4, -0.2) is 23.0 Å². The molecule has 0 fully saturated rings. The van der Waals surface area contributed by atoms with Crippen molar-refractivity contribution in [2.45, 2.75) is 26.9 Å². The Bertz CT molecular complexity index is 607. The third-order valence-electron chi connectivity index (χ3n) is 2.75. The molecule has 0 atom stereocenters. The Balaban J connectivity index is 2.10. The van der Waals surface area contributed by atoms with Gasteiger partial charge in [0.05, 0.1) is 7.11 Å². The molecule has 1 heterocycles. The zero-order chi connectivity index (χ0) is 14.5. The third kappa shape index (κ3) is 3.14. The van der Waals surface area contributed by atoms with Crippen molar-refractivity contribution in [3.8, 4) is 11.5 Å². The van der Waals surface area contributed by atoms with Crippen LogP contribution in [0.25, 0.3) is 0 Å². The summed E-state index contributed by atoms with van der Waals surface area (Å²) in [6, 6.07) is 5.01. The zero-order valence-corrected chi connectivity index (χ0v) is 11.7. The third-order valence-corrected chi connectivity index (χ3v) is 2.75. The van der Waals surface area contributed by atoms with Crippen LogP contribution in [-0.2, 0) is 13.0 Å². The van der Waals surface area contributed by atoms with E-state index in [9.17, 15) is 4.79 Å². The molecule has 6 nitrogen and oxygen atoms in total. The predicted molar refractivity (Wildman–Crippen MR) is 71.0 cm³/mol. The van der Waals surface area contributed by atoms with Gasteiger partial charge in [-0.3, -0.25) is 4.79 Å². The fourth-order valence-corrected chi connectivity index (χ4v) is 1.64. The highest BCUT2D eigenvalue weighted by atomic mass is 16.5. The van der Waals surface area contributed by atoms with E-state index in [0.717, 1.165) is 0 Å². The molecule has 1 aromatic carbocycles. The van der Waals surface area contributed by atoms with E-state index in [-0.39, 0.29) is 12.4 Å². The van der Waals surface area contributed by atoms with Gasteiger partial charge in [0.1, 0.15) is 0 Å². The lowest BCUT2D eigenvalue weighted by molar-refractivity contribution is 0.101. The summed E-state index contributed by atoms with van der Waals surface area (Å²) < 4.78 is 15.8. The Kier molecular flexibility index (Phi) is 4.34. The lowest BCUT2D eigenvalue weighted by atomic mass is 10.1. The molecule has 0 unspecified atom stereocenters. The van der Waals surface area contributed by atoms with Gasteiger partial charge in [-0.1, -0.05) is 12.1 Å². The number of hydrogen-bond donors (Lipinski definition) is 0. The Morgan fingerprint density at radius 1 is 1.35 bits per heavy atom. The topological polar surface area (TPSA) is 74.5 Å². The predicted octanol–water partition coefficient (Wildman–Crippen LogP) is 2.42. The number of nitrogens with zero attached hydrogens (tertiary/aromatic N) is 2. The number of methoxy groups -OCH3 is 1. The van der Waals surface area contributed by atoms with E-state index in [0.29, 0.717) is 35.2 Å². The minimum atomic E-state index is -0.0284. The highest BCUT2D eigenvalue weighted by Crippen LogP contribution is 2.28. The normalized spacial score (nSPS) is 10.3. The number of aromatic nitrogens is 2. The molecule has 0 radical (unpaired) electrons. The summed E-state index contributed by atoms with van der Waals surface area (Å²) in [6.45, 7) is 3.60. The molecule has 0 saturated heterocycles. The van der Waals surface area contributed by atoms with Gasteiger partial charge in [-0.05, 0) is 25.1 Å². The highest BCUT2D eigenvalue weighted by molar-refractivity contribution is 5.94. The average Bonchev–Trinajstić information content (AvgIpc) is 2.92. The standard InChI is InChI=1S/C14H16N2O4/c1-4-13-15-14(20-16-13)8-19-11-6-5-10(9(2)17)7-12(11)18-3/h5-7H,4,8H2,1-3H3. The van der Waals surface area contributed by atoms with Gasteiger partial charge in [0, 0.05) is 12.0 Å². The van der Waals surface area contributed by atoms with E-state index in [1.807, 2.05) is 6.92 Å². The van der Waals surface area contributed by atoms with Crippen molar-refractivity contribution in [1.29, 1.82) is 0 Å². The van der Waals surface area contributed by atoms with Gasteiger partial charge in [0.2, 0.25) is 0 Å². The first kappa shape index (κ1) is 14.0. The quantitative estimate of drug-likeness (QED) is 0.754. The number of aryl methyl sites for hydroxylation is 1. The van der Waals surface area contributed by atoms with Gasteiger partial charge in [-0.2, -0.15) is 4.98 Å². The fraction of sp³-hybridized carbons (Fsp3) is 0.357. The molecule has 0 N–H and O–H groups in total. The van der Waals surface area contributed by atoms with E-state index in [1.165, 1.54) is 14.0 Å². The van der Waals surface area contributed by atoms with Crippen LogP contribution in [0, 0.1) is 0 Å². The zero-order valence-electron chi connectivity index (χ0n) is 11.7. The summed E-state index contributed by atoms with van der Waals surface area (Å²) in [4.78, 5) is 15.5. The Hall–Kier alpha value is -2.37. The summed E-state index contributed by atoms with van der Waals surface area (Å²) in [5.41, 5.74) is 0.570. The van der Waals surface area contributed by atoms with E-state index in [4.69, 9.17) is 14.0 Å². The second-order valence-electron chi connectivity index (χ2n) is 4.17. The van der Waals surface area contributed by atoms with Crippen molar-refractivity contribution in [3.63, 3.8) is 0 Å². The largest absolute Gasteiger partial charge is 0.493 e. The molecular weight excluding hydrogens is 260 g/mol. The molecule has 0 amide bonds. The van der Waals surface area contributed by atoms with Crippen molar-refractivity contribution in [2.75, 3.05) is 7.11 Å². The number of benzene rings is 1. The number of Topliss-reactive ketones (excluding diaryl/α,β-unsaturated/α-hetero) is 1. The monoisotopic (exact) mass is 276 g/mol. The molecule has 106 valence electrons. The fourth-order valence-electron chi connectivity index (χ4n) is 1.64. The molecule has 6 heteroatoms. The summed E-state index contributed by atoms with van der Waals surface area (Å²) >= 11 is 0. The van der Waals surface area contributed by atoms with Crippen molar-refractivity contribution in [1.82, 2.24) is 10.1 Å². The van der Waals surface area contributed by atoms with E-state index >= 15 is 0 Å². The molecule has 0 aliphatic rings. The van der Waals surface area contributed by atoms with Crippen molar-refractivity contribution >= 4 is 5.78 Å². The number of rotatable bonds is 6. The molecule has 20 heavy (non-hydrogen) atoms. The lowest BCUT2D eigenvalue weighted by Gasteiger charge is -2.09. The summed E-state index contributed by atoms with van der Waals surface area (Å²) in [5.74, 6) is 2.03. The molecule has 0 spiro atoms. The van der Waals surface area contributed by atoms with Gasteiger partial charge in [0.15, 0.2) is 29.7 Å². The second-order valence-corrected chi connectivity index (χ2v) is 4.17. The van der Waals surface area contributed by atoms with Gasteiger partial charge in [-0.25, -0.2) is 0 Å². The van der Waals surface area contributed by atoms with Crippen LogP contribution in [0.5, 0.6) is 11.5 Å². The summed E-state index contributed by atoms with van der Waals surface area (Å²) in [5, 5.41) is 3.78. The first-order chi connectivity index (χ1) is 9.63. The molecule has 0 aliphatic carbocycles. The smallest absolute Gasteiger partial charge is 0.264 e. The van der Waals surface area contributed by atoms with Gasteiger partial charge >= 0.3 is 0 Å². The SMILES string of the molecule is CCc1noc(COc2ccc(C(C)=O)cc2OC)n1. The minimum absolute atomic E-state index is 0.0284. The maximum atomic E-state index is 11.3. The van der Waals surface area contributed by atoms with Crippen LogP contribution >= 0.6 is 0 Å². The van der Waals surface area contributed by atoms with Crippen LogP contribution < -0.4 is 9.47 Å². The number of ether oxygens (including phenoxy) is 2. The molecule has 0 aliphatic heterocycles. The Labute approximate surface area is 116 Å². The van der Waals surface area contributed by atoms with Gasteiger partial charge in [0.25, 0.3) is 5.89 Å². The summed E-state index contributed by atoms with van der Waals surface area (Å²) in [6.07, 6.45) is 0.708. The number of carbonyl (C=O) groups is 1. The van der Waals surface area contributed by atoms with Crippen molar-refractivity contribution in [2.24, 2.45) is 0 Å². The Morgan fingerprint density at radius 3 is 2.75 bits per heavy atom. The van der Waals surface area contributed by atoms with E-state index in [1.54, 1.807) is 18.2 Å². The van der Waals surface area contributed by atoms with Gasteiger partial charge < -0.3 is 14.0 Å². The Morgan fingerprint density at radius 2 is 2.15 bits per heavy atom. The van der Waals surface area contributed by atoms with Crippen LogP contribution in [0.3, 0.4) is 0 Å². The second kappa shape index (κ2) is 6.18. The summed E-state index contributed by atoms with van der Waals surface area (Å²) in [7, 11) is 1.52. The molecule has 2 rings (SSSR count). The van der Waals surface area contributed by atoms with Crippen LogP contribution in [0.4, 0.5) is 0 Å². The highest BCUT2D eigenvalue weighted by Gasteiger charge is 2.11. The molecule has 1 aromatic heterocycles. The van der Waals surface area contributed by atoms with Gasteiger partial charge in [-0.15, -0.1) is 0 Å². The minimum Gasteiger partial charge on any atom is -0.493 e. The van der Waals surface area contributed by atoms with Crippen LogP contribution in [0.1, 0.15) is 35.9 Å². The number of carbonyl (C=O) groups excluding carboxylic acids is 1. The maximum Gasteiger partial charge on any atom is 0.264 e. The average molecular weight is 276 g/mol. The molecule has 0 saturated carbocycles.